The van der Waals surface area contributed by atoms with Gasteiger partial charge in [0.25, 0.3) is 0 Å². The van der Waals surface area contributed by atoms with Crippen molar-refractivity contribution in [3.05, 3.63) is 29.8 Å². The Bertz CT molecular complexity index is 750. The second kappa shape index (κ2) is 5.92. The summed E-state index contributed by atoms with van der Waals surface area (Å²) < 4.78 is 0. The molecule has 2 heterocycles. The molecule has 21 heavy (non-hydrogen) atoms. The van der Waals surface area contributed by atoms with E-state index in [-0.39, 0.29) is 5.91 Å². The largest absolute Gasteiger partial charge is 0.355 e. The highest BCUT2D eigenvalue weighted by Crippen LogP contribution is 2.25. The van der Waals surface area contributed by atoms with Gasteiger partial charge < -0.3 is 15.6 Å². The molecule has 6 nitrogen and oxygen atoms in total. The van der Waals surface area contributed by atoms with E-state index in [0.717, 1.165) is 21.6 Å². The lowest BCUT2D eigenvalue weighted by atomic mass is 10.2. The van der Waals surface area contributed by atoms with Gasteiger partial charge in [0.2, 0.25) is 11.9 Å². The lowest BCUT2D eigenvalue weighted by Crippen LogP contribution is -2.26. The van der Waals surface area contributed by atoms with Crippen LogP contribution in [-0.2, 0) is 4.79 Å². The van der Waals surface area contributed by atoms with E-state index in [0.29, 0.717) is 19.0 Å². The number of hydrogen-bond acceptors (Lipinski definition) is 5. The van der Waals surface area contributed by atoms with Crippen LogP contribution in [0.15, 0.2) is 29.8 Å². The quantitative estimate of drug-likeness (QED) is 0.631. The van der Waals surface area contributed by atoms with Gasteiger partial charge in [0.05, 0.1) is 11.0 Å². The van der Waals surface area contributed by atoms with Gasteiger partial charge in [-0.1, -0.05) is 0 Å². The fourth-order valence-corrected chi connectivity index (χ4v) is 2.65. The normalized spacial score (nSPS) is 10.7. The second-order valence-corrected chi connectivity index (χ2v) is 5.46. The average Bonchev–Trinajstić information content (AvgIpc) is 3.11. The molecule has 0 fully saturated rings. The Hall–Kier alpha value is -2.41. The molecule has 0 unspecified atom stereocenters. The maximum absolute atomic E-state index is 10.8. The smallest absolute Gasteiger partial charge is 0.216 e. The summed E-state index contributed by atoms with van der Waals surface area (Å²) >= 11 is 1.61. The van der Waals surface area contributed by atoms with Gasteiger partial charge in [-0.15, -0.1) is 11.3 Å². The first-order chi connectivity index (χ1) is 10.2. The van der Waals surface area contributed by atoms with Crippen LogP contribution < -0.4 is 10.6 Å². The first kappa shape index (κ1) is 13.6. The molecule has 0 aliphatic carbocycles. The van der Waals surface area contributed by atoms with E-state index >= 15 is 0 Å². The molecule has 0 aliphatic rings. The van der Waals surface area contributed by atoms with Gasteiger partial charge in [-0.25, -0.2) is 9.97 Å². The lowest BCUT2D eigenvalue weighted by Gasteiger charge is -2.02. The second-order valence-electron chi connectivity index (χ2n) is 4.56. The van der Waals surface area contributed by atoms with Crippen LogP contribution in [0.5, 0.6) is 0 Å². The zero-order valence-electron chi connectivity index (χ0n) is 11.5. The maximum atomic E-state index is 10.8. The van der Waals surface area contributed by atoms with Gasteiger partial charge in [0.15, 0.2) is 0 Å². The molecule has 3 N–H and O–H groups in total. The van der Waals surface area contributed by atoms with E-state index in [9.17, 15) is 4.79 Å². The summed E-state index contributed by atoms with van der Waals surface area (Å²) in [4.78, 5) is 22.8. The third kappa shape index (κ3) is 3.19. The van der Waals surface area contributed by atoms with Gasteiger partial charge in [-0.2, -0.15) is 0 Å². The number of carbonyl (C=O) groups excluding carboxylic acids is 1. The molecule has 3 rings (SSSR count). The van der Waals surface area contributed by atoms with E-state index < -0.39 is 0 Å². The van der Waals surface area contributed by atoms with Crippen LogP contribution in [0.3, 0.4) is 0 Å². The van der Waals surface area contributed by atoms with Crippen molar-refractivity contribution in [2.45, 2.75) is 6.92 Å². The number of amides is 1. The van der Waals surface area contributed by atoms with E-state index in [1.165, 1.54) is 6.92 Å². The molecule has 0 radical (unpaired) electrons. The van der Waals surface area contributed by atoms with Gasteiger partial charge in [-0.05, 0) is 18.2 Å². The molecule has 0 saturated heterocycles. The molecule has 7 heteroatoms. The van der Waals surface area contributed by atoms with Crippen LogP contribution >= 0.6 is 11.3 Å². The summed E-state index contributed by atoms with van der Waals surface area (Å²) in [6.45, 7) is 2.69. The Morgan fingerprint density at radius 1 is 1.38 bits per heavy atom. The zero-order chi connectivity index (χ0) is 14.7. The third-order valence-corrected chi connectivity index (χ3v) is 3.77. The minimum atomic E-state index is -0.0329. The van der Waals surface area contributed by atoms with Crippen molar-refractivity contribution in [1.29, 1.82) is 0 Å². The molecule has 0 bridgehead atoms. The Morgan fingerprint density at radius 2 is 2.29 bits per heavy atom. The molecule has 0 aliphatic heterocycles. The van der Waals surface area contributed by atoms with Crippen LogP contribution in [0.2, 0.25) is 0 Å². The van der Waals surface area contributed by atoms with Crippen LogP contribution in [0.1, 0.15) is 6.92 Å². The molecular weight excluding hydrogens is 286 g/mol. The lowest BCUT2D eigenvalue weighted by molar-refractivity contribution is -0.118. The number of imidazole rings is 1. The van der Waals surface area contributed by atoms with E-state index in [1.807, 2.05) is 23.6 Å². The first-order valence-corrected chi connectivity index (χ1v) is 7.48. The number of H-pyrrole nitrogens is 1. The highest BCUT2D eigenvalue weighted by molar-refractivity contribution is 7.13. The van der Waals surface area contributed by atoms with Gasteiger partial charge in [-0.3, -0.25) is 4.79 Å². The minimum Gasteiger partial charge on any atom is -0.355 e. The summed E-state index contributed by atoms with van der Waals surface area (Å²) in [5, 5.41) is 8.83. The Morgan fingerprint density at radius 3 is 3.05 bits per heavy atom. The number of nitrogens with one attached hydrogen (secondary N) is 3. The van der Waals surface area contributed by atoms with Crippen LogP contribution in [0.25, 0.3) is 21.6 Å². The van der Waals surface area contributed by atoms with Gasteiger partial charge in [0, 0.05) is 37.2 Å². The van der Waals surface area contributed by atoms with Crippen molar-refractivity contribution >= 4 is 34.2 Å². The van der Waals surface area contributed by atoms with E-state index in [1.54, 1.807) is 17.5 Å². The highest BCUT2D eigenvalue weighted by atomic mass is 32.1. The standard InChI is InChI=1S/C14H15N5OS/c1-9(20)15-4-5-17-14-18-11-3-2-10(8-12(11)19-14)13-16-6-7-21-13/h2-3,6-8H,4-5H2,1H3,(H,15,20)(H2,17,18,19). The zero-order valence-corrected chi connectivity index (χ0v) is 12.3. The Balaban J connectivity index is 1.73. The molecule has 108 valence electrons. The summed E-state index contributed by atoms with van der Waals surface area (Å²) in [6.07, 6.45) is 1.80. The molecule has 0 saturated carbocycles. The molecule has 0 spiro atoms. The fourth-order valence-electron chi connectivity index (χ4n) is 2.01. The number of anilines is 1. The number of nitrogens with zero attached hydrogens (tertiary/aromatic N) is 2. The number of fused-ring (bicyclic) bond motifs is 1. The topological polar surface area (TPSA) is 82.7 Å². The predicted octanol–water partition coefficient (Wildman–Crippen LogP) is 2.23. The molecule has 1 amide bonds. The van der Waals surface area contributed by atoms with E-state index in [4.69, 9.17) is 0 Å². The Kier molecular flexibility index (Phi) is 3.83. The monoisotopic (exact) mass is 301 g/mol. The molecule has 1 aromatic carbocycles. The van der Waals surface area contributed by atoms with Crippen molar-refractivity contribution in [3.63, 3.8) is 0 Å². The van der Waals surface area contributed by atoms with Crippen molar-refractivity contribution < 1.29 is 4.79 Å². The Labute approximate surface area is 125 Å². The van der Waals surface area contributed by atoms with E-state index in [2.05, 4.69) is 25.6 Å². The number of rotatable bonds is 5. The van der Waals surface area contributed by atoms with Crippen LogP contribution in [0, 0.1) is 0 Å². The van der Waals surface area contributed by atoms with Crippen molar-refractivity contribution in [3.8, 4) is 10.6 Å². The fraction of sp³-hybridized carbons (Fsp3) is 0.214. The highest BCUT2D eigenvalue weighted by Gasteiger charge is 2.06. The van der Waals surface area contributed by atoms with Gasteiger partial charge in [0.1, 0.15) is 5.01 Å². The number of aromatic nitrogens is 3. The first-order valence-electron chi connectivity index (χ1n) is 6.60. The molecule has 0 atom stereocenters. The van der Waals surface area contributed by atoms with Crippen molar-refractivity contribution in [2.24, 2.45) is 0 Å². The summed E-state index contributed by atoms with van der Waals surface area (Å²) in [5.41, 5.74) is 2.94. The SMILES string of the molecule is CC(=O)NCCNc1nc2ccc(-c3nccs3)cc2[nH]1. The maximum Gasteiger partial charge on any atom is 0.216 e. The number of benzene rings is 1. The third-order valence-electron chi connectivity index (χ3n) is 2.95. The van der Waals surface area contributed by atoms with Crippen LogP contribution in [0.4, 0.5) is 5.95 Å². The van der Waals surface area contributed by atoms with Crippen molar-refractivity contribution in [1.82, 2.24) is 20.3 Å². The predicted molar refractivity (Wildman–Crippen MR) is 84.4 cm³/mol. The van der Waals surface area contributed by atoms with Crippen molar-refractivity contribution in [2.75, 3.05) is 18.4 Å². The van der Waals surface area contributed by atoms with Gasteiger partial charge >= 0.3 is 0 Å². The number of carbonyl (C=O) groups is 1. The molecular formula is C14H15N5OS. The molecule has 3 aromatic rings. The number of thiazole rings is 1. The number of aromatic amines is 1. The van der Waals surface area contributed by atoms with Crippen LogP contribution in [-0.4, -0.2) is 33.9 Å². The summed E-state index contributed by atoms with van der Waals surface area (Å²) in [5.74, 6) is 0.668. The number of hydrogen-bond donors (Lipinski definition) is 3. The summed E-state index contributed by atoms with van der Waals surface area (Å²) in [7, 11) is 0. The minimum absolute atomic E-state index is 0.0329. The molecule has 2 aromatic heterocycles. The summed E-state index contributed by atoms with van der Waals surface area (Å²) in [6, 6.07) is 6.03. The average molecular weight is 301 g/mol.